The number of carbonyl (C=O) groups excluding carboxylic acids is 2. The molecule has 2 aromatic carbocycles. The summed E-state index contributed by atoms with van der Waals surface area (Å²) in [6.07, 6.45) is 3.60. The molecule has 2 unspecified atom stereocenters. The van der Waals surface area contributed by atoms with E-state index in [1.54, 1.807) is 4.90 Å². The van der Waals surface area contributed by atoms with Crippen LogP contribution in [0.4, 0.5) is 20.6 Å². The average Bonchev–Trinajstić information content (AvgIpc) is 3.18. The largest absolute Gasteiger partial charge is 0.393 e. The van der Waals surface area contributed by atoms with Crippen molar-refractivity contribution in [3.8, 4) is 0 Å². The molecule has 3 N–H and O–H groups in total. The number of halogens is 2. The van der Waals surface area contributed by atoms with E-state index >= 15 is 0 Å². The van der Waals surface area contributed by atoms with Crippen molar-refractivity contribution in [1.82, 2.24) is 5.32 Å². The van der Waals surface area contributed by atoms with Gasteiger partial charge in [-0.05, 0) is 73.9 Å². The van der Waals surface area contributed by atoms with E-state index in [1.165, 1.54) is 17.7 Å². The molecule has 164 valence electrons. The van der Waals surface area contributed by atoms with Crippen LogP contribution in [0, 0.1) is 5.82 Å². The number of piperidine rings is 1. The Labute approximate surface area is 185 Å². The summed E-state index contributed by atoms with van der Waals surface area (Å²) in [6.45, 7) is 0.575. The molecule has 8 heteroatoms. The number of amides is 3. The molecule has 2 fully saturated rings. The van der Waals surface area contributed by atoms with Gasteiger partial charge in [0, 0.05) is 17.3 Å². The molecule has 6 nitrogen and oxygen atoms in total. The Morgan fingerprint density at radius 2 is 1.90 bits per heavy atom. The molecule has 2 aliphatic rings. The van der Waals surface area contributed by atoms with Crippen LogP contribution < -0.4 is 15.5 Å². The number of hydrogen-bond acceptors (Lipinski definition) is 3. The second kappa shape index (κ2) is 9.24. The molecule has 2 aromatic rings. The van der Waals surface area contributed by atoms with Gasteiger partial charge in [0.15, 0.2) is 0 Å². The monoisotopic (exact) mass is 445 g/mol. The van der Waals surface area contributed by atoms with Crippen molar-refractivity contribution in [3.63, 3.8) is 0 Å². The van der Waals surface area contributed by atoms with Crippen molar-refractivity contribution < 1.29 is 19.1 Å². The normalized spacial score (nSPS) is 23.6. The van der Waals surface area contributed by atoms with Gasteiger partial charge in [-0.3, -0.25) is 4.79 Å². The van der Waals surface area contributed by atoms with Crippen molar-refractivity contribution in [2.24, 2.45) is 0 Å². The number of nitrogens with zero attached hydrogens (tertiary/aromatic N) is 1. The van der Waals surface area contributed by atoms with Crippen LogP contribution >= 0.6 is 11.6 Å². The molecule has 1 aliphatic carbocycles. The molecule has 4 rings (SSSR count). The number of rotatable bonds is 4. The Bertz CT molecular complexity index is 969. The van der Waals surface area contributed by atoms with Crippen LogP contribution in [0.15, 0.2) is 42.5 Å². The predicted molar refractivity (Wildman–Crippen MR) is 118 cm³/mol. The molecule has 1 heterocycles. The quantitative estimate of drug-likeness (QED) is 0.651. The summed E-state index contributed by atoms with van der Waals surface area (Å²) >= 11 is 5.73. The SMILES string of the molecule is O=C(Nc1ccc(Cl)cc1F)N[C@@H]1CCCN(c2ccc(C3CCC(O)C3)cc2)C1=O. The zero-order valence-electron chi connectivity index (χ0n) is 17.0. The van der Waals surface area contributed by atoms with Crippen LogP contribution in [-0.2, 0) is 4.79 Å². The molecule has 3 amide bonds. The van der Waals surface area contributed by atoms with E-state index in [0.717, 1.165) is 37.4 Å². The highest BCUT2D eigenvalue weighted by Crippen LogP contribution is 2.35. The van der Waals surface area contributed by atoms with Gasteiger partial charge in [0.1, 0.15) is 11.9 Å². The van der Waals surface area contributed by atoms with Crippen LogP contribution in [0.25, 0.3) is 0 Å². The lowest BCUT2D eigenvalue weighted by atomic mass is 9.96. The van der Waals surface area contributed by atoms with Crippen LogP contribution in [0.2, 0.25) is 5.02 Å². The van der Waals surface area contributed by atoms with Crippen LogP contribution in [-0.4, -0.2) is 35.7 Å². The Morgan fingerprint density at radius 3 is 2.58 bits per heavy atom. The minimum atomic E-state index is -0.686. The zero-order valence-corrected chi connectivity index (χ0v) is 17.7. The second-order valence-electron chi connectivity index (χ2n) is 8.16. The summed E-state index contributed by atoms with van der Waals surface area (Å²) in [5.74, 6) is -0.483. The molecule has 1 saturated carbocycles. The van der Waals surface area contributed by atoms with E-state index in [2.05, 4.69) is 10.6 Å². The summed E-state index contributed by atoms with van der Waals surface area (Å²) in [6, 6.07) is 10.5. The zero-order chi connectivity index (χ0) is 22.0. The van der Waals surface area contributed by atoms with Crippen molar-refractivity contribution in [2.75, 3.05) is 16.8 Å². The fourth-order valence-corrected chi connectivity index (χ4v) is 4.52. The van der Waals surface area contributed by atoms with Gasteiger partial charge in [-0.2, -0.15) is 0 Å². The number of nitrogens with one attached hydrogen (secondary N) is 2. The van der Waals surface area contributed by atoms with Gasteiger partial charge in [0.2, 0.25) is 5.91 Å². The third-order valence-electron chi connectivity index (χ3n) is 6.00. The van der Waals surface area contributed by atoms with Crippen molar-refractivity contribution in [2.45, 2.75) is 50.2 Å². The highest BCUT2D eigenvalue weighted by molar-refractivity contribution is 6.30. The first-order valence-corrected chi connectivity index (χ1v) is 10.9. The Hall–Kier alpha value is -2.64. The molecule has 1 aliphatic heterocycles. The number of urea groups is 1. The van der Waals surface area contributed by atoms with Gasteiger partial charge >= 0.3 is 6.03 Å². The second-order valence-corrected chi connectivity index (χ2v) is 8.60. The van der Waals surface area contributed by atoms with Gasteiger partial charge in [0.25, 0.3) is 0 Å². The lowest BCUT2D eigenvalue weighted by Crippen LogP contribution is -2.53. The molecule has 0 radical (unpaired) electrons. The van der Waals surface area contributed by atoms with E-state index in [9.17, 15) is 19.1 Å². The lowest BCUT2D eigenvalue weighted by molar-refractivity contribution is -0.121. The number of anilines is 2. The number of hydrogen-bond donors (Lipinski definition) is 3. The van der Waals surface area contributed by atoms with E-state index in [4.69, 9.17) is 11.6 Å². The summed E-state index contributed by atoms with van der Waals surface area (Å²) in [7, 11) is 0. The lowest BCUT2D eigenvalue weighted by Gasteiger charge is -2.33. The fourth-order valence-electron chi connectivity index (χ4n) is 4.36. The predicted octanol–water partition coefficient (Wildman–Crippen LogP) is 4.42. The van der Waals surface area contributed by atoms with E-state index in [0.29, 0.717) is 18.9 Å². The maximum atomic E-state index is 13.9. The standard InChI is InChI=1S/C23H25ClFN3O3/c24-16-6-10-20(19(25)13-16)26-23(31)27-21-2-1-11-28(22(21)30)17-7-3-14(4-8-17)15-5-9-18(29)12-15/h3-4,6-8,10,13,15,18,21,29H,1-2,5,9,11-12H2,(H2,26,27,31)/t15?,18?,21-/m1/s1. The summed E-state index contributed by atoms with van der Waals surface area (Å²) < 4.78 is 13.9. The average molecular weight is 446 g/mol. The first kappa shape index (κ1) is 21.6. The van der Waals surface area contributed by atoms with Crippen LogP contribution in [0.5, 0.6) is 0 Å². The Kier molecular flexibility index (Phi) is 6.43. The maximum absolute atomic E-state index is 13.9. The maximum Gasteiger partial charge on any atom is 0.319 e. The van der Waals surface area contributed by atoms with Crippen molar-refractivity contribution in [3.05, 3.63) is 58.9 Å². The molecule has 0 spiro atoms. The van der Waals surface area contributed by atoms with Gasteiger partial charge in [-0.25, -0.2) is 9.18 Å². The number of aliphatic hydroxyl groups excluding tert-OH is 1. The van der Waals surface area contributed by atoms with Crippen LogP contribution in [0.3, 0.4) is 0 Å². The molecule has 0 aromatic heterocycles. The first-order valence-electron chi connectivity index (χ1n) is 10.5. The van der Waals surface area contributed by atoms with E-state index in [-0.39, 0.29) is 22.7 Å². The minimum Gasteiger partial charge on any atom is -0.393 e. The Balaban J connectivity index is 1.39. The molecule has 3 atom stereocenters. The number of aliphatic hydroxyl groups is 1. The number of benzene rings is 2. The molecule has 31 heavy (non-hydrogen) atoms. The molecular weight excluding hydrogens is 421 g/mol. The van der Waals surface area contributed by atoms with Gasteiger partial charge < -0.3 is 20.6 Å². The van der Waals surface area contributed by atoms with Gasteiger partial charge in [-0.15, -0.1) is 0 Å². The molecule has 1 saturated heterocycles. The minimum absolute atomic E-state index is 0.00497. The van der Waals surface area contributed by atoms with Crippen molar-refractivity contribution in [1.29, 1.82) is 0 Å². The first-order chi connectivity index (χ1) is 14.9. The van der Waals surface area contributed by atoms with Crippen LogP contribution in [0.1, 0.15) is 43.6 Å². The fraction of sp³-hybridized carbons (Fsp3) is 0.391. The number of carbonyl (C=O) groups is 2. The van der Waals surface area contributed by atoms with Gasteiger partial charge in [-0.1, -0.05) is 23.7 Å². The topological polar surface area (TPSA) is 81.7 Å². The summed E-state index contributed by atoms with van der Waals surface area (Å²) in [5, 5.41) is 15.1. The smallest absolute Gasteiger partial charge is 0.319 e. The van der Waals surface area contributed by atoms with E-state index in [1.807, 2.05) is 24.3 Å². The molecular formula is C23H25ClFN3O3. The van der Waals surface area contributed by atoms with Gasteiger partial charge in [0.05, 0.1) is 11.8 Å². The Morgan fingerprint density at radius 1 is 1.13 bits per heavy atom. The van der Waals surface area contributed by atoms with E-state index < -0.39 is 17.9 Å². The summed E-state index contributed by atoms with van der Waals surface area (Å²) in [4.78, 5) is 27.0. The highest BCUT2D eigenvalue weighted by atomic mass is 35.5. The third-order valence-corrected chi connectivity index (χ3v) is 6.24. The van der Waals surface area contributed by atoms with Crippen molar-refractivity contribution >= 4 is 34.9 Å². The highest BCUT2D eigenvalue weighted by Gasteiger charge is 2.31. The molecule has 0 bridgehead atoms. The summed E-state index contributed by atoms with van der Waals surface area (Å²) in [5.41, 5.74) is 1.95. The third kappa shape index (κ3) is 4.99.